The molecule has 4 aromatic carbocycles. The predicted octanol–water partition coefficient (Wildman–Crippen LogP) is 6.27. The van der Waals surface area contributed by atoms with E-state index in [0.29, 0.717) is 31.9 Å². The largest absolute Gasteiger partial charge is 0.497 e. The number of benzene rings is 4. The molecule has 310 valence electrons. The van der Waals surface area contributed by atoms with Gasteiger partial charge in [0.2, 0.25) is 10.0 Å². The molecule has 0 aliphatic heterocycles. The van der Waals surface area contributed by atoms with Gasteiger partial charge in [0.25, 0.3) is 11.3 Å². The third-order valence-corrected chi connectivity index (χ3v) is 12.2. The molecule has 19 heteroatoms. The highest BCUT2D eigenvalue weighted by molar-refractivity contribution is 14.1. The van der Waals surface area contributed by atoms with Crippen molar-refractivity contribution in [1.82, 2.24) is 29.8 Å². The van der Waals surface area contributed by atoms with Gasteiger partial charge >= 0.3 is 6.09 Å². The smallest absolute Gasteiger partial charge is 0.407 e. The first kappa shape index (κ1) is 44.3. The van der Waals surface area contributed by atoms with Gasteiger partial charge in [-0.2, -0.15) is 4.31 Å². The van der Waals surface area contributed by atoms with Crippen molar-refractivity contribution in [2.75, 3.05) is 38.7 Å². The Bertz CT molecular complexity index is 2240. The van der Waals surface area contributed by atoms with E-state index in [1.165, 1.54) is 15.1 Å². The molecule has 1 atom stereocenters. The van der Waals surface area contributed by atoms with Gasteiger partial charge in [0.05, 0.1) is 39.1 Å². The average molecular weight is 948 g/mol. The van der Waals surface area contributed by atoms with Crippen LogP contribution in [-0.4, -0.2) is 87.8 Å². The third-order valence-electron chi connectivity index (χ3n) is 8.63. The Morgan fingerprint density at radius 2 is 1.36 bits per heavy atom. The quantitative estimate of drug-likeness (QED) is 0.0571. The molecule has 0 fully saturated rings. The lowest BCUT2D eigenvalue weighted by atomic mass is 10.1. The lowest BCUT2D eigenvalue weighted by molar-refractivity contribution is 0.0527. The molecule has 5 aromatic rings. The number of rotatable bonds is 18. The van der Waals surface area contributed by atoms with Gasteiger partial charge in [-0.15, -0.1) is 5.10 Å². The number of ether oxygens (including phenoxy) is 4. The maximum atomic E-state index is 15.6. The average Bonchev–Trinajstić information content (AvgIpc) is 3.65. The van der Waals surface area contributed by atoms with E-state index >= 15 is 8.42 Å². The molecule has 16 nitrogen and oxygen atoms in total. The van der Waals surface area contributed by atoms with Crippen LogP contribution in [0.25, 0.3) is 11.4 Å². The fraction of sp³-hybridized carbons (Fsp3) is 0.333. The number of hydrogen-bond acceptors (Lipinski definition) is 11. The van der Waals surface area contributed by atoms with Gasteiger partial charge in [-0.05, 0) is 125 Å². The van der Waals surface area contributed by atoms with Crippen LogP contribution in [0.15, 0.2) is 89.8 Å². The lowest BCUT2D eigenvalue weighted by Crippen LogP contribution is -2.36. The van der Waals surface area contributed by atoms with Gasteiger partial charge in [-0.25, -0.2) is 22.1 Å². The second-order valence-electron chi connectivity index (χ2n) is 13.9. The normalized spacial score (nSPS) is 12.2. The zero-order valence-electron chi connectivity index (χ0n) is 32.9. The number of methoxy groups -OCH3 is 3. The maximum Gasteiger partial charge on any atom is 0.407 e. The van der Waals surface area contributed by atoms with Crippen molar-refractivity contribution in [2.45, 2.75) is 57.3 Å². The summed E-state index contributed by atoms with van der Waals surface area (Å²) in [5.41, 5.74) is 1.46. The first-order chi connectivity index (χ1) is 27.6. The van der Waals surface area contributed by atoms with E-state index in [1.807, 2.05) is 34.7 Å². The summed E-state index contributed by atoms with van der Waals surface area (Å²) in [6.07, 6.45) is -0.497. The van der Waals surface area contributed by atoms with Crippen LogP contribution in [-0.2, 0) is 45.7 Å². The van der Waals surface area contributed by atoms with E-state index in [-0.39, 0.29) is 61.1 Å². The van der Waals surface area contributed by atoms with E-state index in [2.05, 4.69) is 20.8 Å². The predicted molar refractivity (Wildman–Crippen MR) is 227 cm³/mol. The minimum atomic E-state index is -4.62. The summed E-state index contributed by atoms with van der Waals surface area (Å²) in [4.78, 5) is 12.1. The van der Waals surface area contributed by atoms with Crippen molar-refractivity contribution in [2.24, 2.45) is 0 Å². The minimum absolute atomic E-state index is 0.0676. The summed E-state index contributed by atoms with van der Waals surface area (Å²) >= 11 is -0.696. The zero-order valence-corrected chi connectivity index (χ0v) is 36.7. The fourth-order valence-electron chi connectivity index (χ4n) is 5.84. The number of aromatic nitrogens is 4. The molecule has 1 amide bonds. The van der Waals surface area contributed by atoms with E-state index < -0.39 is 33.0 Å². The second kappa shape index (κ2) is 19.7. The minimum Gasteiger partial charge on any atom is -0.497 e. The standard InChI is InChI=1S/C39H46IN7O9S2/c1-39(2,3)56-38(48)41-22-7-23-47(57(49)50)34-21-20-33(40)35(37-42-43-44-46(37)26-29-12-18-32(55-6)19-13-29)36(34)58(51,52)45(24-27-8-14-30(53-4)15-9-27)25-28-10-16-31(54-5)17-11-28/h8-21H,7,22-26H2,1-6H3,(H,41,48)(H,49,50). The molecule has 1 heterocycles. The van der Waals surface area contributed by atoms with Crippen LogP contribution in [0.4, 0.5) is 10.5 Å². The van der Waals surface area contributed by atoms with Crippen molar-refractivity contribution < 1.29 is 40.9 Å². The van der Waals surface area contributed by atoms with Crippen molar-refractivity contribution in [3.63, 3.8) is 0 Å². The Kier molecular flexibility index (Phi) is 15.1. The number of carbonyl (C=O) groups excluding carboxylic acids is 1. The van der Waals surface area contributed by atoms with Crippen LogP contribution in [0.5, 0.6) is 17.2 Å². The number of tetrazole rings is 1. The van der Waals surface area contributed by atoms with E-state index in [0.717, 1.165) is 9.87 Å². The second-order valence-corrected chi connectivity index (χ2v) is 17.8. The number of anilines is 1. The molecule has 2 N–H and O–H groups in total. The van der Waals surface area contributed by atoms with Crippen LogP contribution in [0.1, 0.15) is 43.9 Å². The topological polar surface area (TPSA) is 188 Å². The number of amides is 1. The van der Waals surface area contributed by atoms with Gasteiger partial charge in [-0.1, -0.05) is 36.4 Å². The molecule has 0 saturated heterocycles. The number of nitrogens with zero attached hydrogens (tertiary/aromatic N) is 6. The lowest BCUT2D eigenvalue weighted by Gasteiger charge is -2.29. The summed E-state index contributed by atoms with van der Waals surface area (Å²) in [6, 6.07) is 24.5. The number of carbonyl (C=O) groups is 1. The van der Waals surface area contributed by atoms with Gasteiger partial charge < -0.3 is 24.3 Å². The maximum absolute atomic E-state index is 15.6. The van der Waals surface area contributed by atoms with E-state index in [4.69, 9.17) is 18.9 Å². The summed E-state index contributed by atoms with van der Waals surface area (Å²) in [5, 5.41) is 15.2. The monoisotopic (exact) mass is 947 g/mol. The van der Waals surface area contributed by atoms with Crippen LogP contribution >= 0.6 is 22.6 Å². The molecule has 0 aliphatic carbocycles. The molecule has 5 rings (SSSR count). The van der Waals surface area contributed by atoms with E-state index in [1.54, 1.807) is 109 Å². The van der Waals surface area contributed by atoms with Gasteiger partial charge in [0.15, 0.2) is 5.82 Å². The first-order valence-corrected chi connectivity index (χ1v) is 21.5. The van der Waals surface area contributed by atoms with Gasteiger partial charge in [-0.3, -0.25) is 8.86 Å². The summed E-state index contributed by atoms with van der Waals surface area (Å²) < 4.78 is 80.9. The number of nitrogens with one attached hydrogen (secondary N) is 1. The first-order valence-electron chi connectivity index (χ1n) is 18.0. The highest BCUT2D eigenvalue weighted by atomic mass is 127. The SMILES string of the molecule is COc1ccc(CN(Cc2ccc(OC)cc2)S(=O)(=O)c2c(N(CCCNC(=O)OC(C)(C)C)S(=O)O)ccc(I)c2-c2nnnn2Cc2ccc(OC)cc2)cc1. The van der Waals surface area contributed by atoms with Gasteiger partial charge in [0.1, 0.15) is 27.7 Å². The van der Waals surface area contributed by atoms with Crippen LogP contribution < -0.4 is 23.8 Å². The fourth-order valence-corrected chi connectivity index (χ4v) is 9.18. The molecular weight excluding hydrogens is 902 g/mol. The molecule has 1 unspecified atom stereocenters. The number of hydrogen-bond donors (Lipinski definition) is 2. The molecule has 1 aromatic heterocycles. The van der Waals surface area contributed by atoms with Crippen molar-refractivity contribution in [3.8, 4) is 28.6 Å². The molecule has 0 saturated carbocycles. The van der Waals surface area contributed by atoms with Crippen LogP contribution in [0, 0.1) is 3.57 Å². The Balaban J connectivity index is 1.66. The number of sulfonamides is 1. The van der Waals surface area contributed by atoms with Crippen molar-refractivity contribution >= 4 is 55.7 Å². The highest BCUT2D eigenvalue weighted by Crippen LogP contribution is 2.41. The summed E-state index contributed by atoms with van der Waals surface area (Å²) in [7, 11) is 0.0388. The Morgan fingerprint density at radius 1 is 0.845 bits per heavy atom. The Morgan fingerprint density at radius 3 is 1.84 bits per heavy atom. The van der Waals surface area contributed by atoms with Gasteiger partial charge in [0, 0.05) is 29.7 Å². The molecule has 0 spiro atoms. The molecule has 0 aliphatic rings. The third kappa shape index (κ3) is 11.4. The summed E-state index contributed by atoms with van der Waals surface area (Å²) in [5.74, 6) is 1.97. The summed E-state index contributed by atoms with van der Waals surface area (Å²) in [6.45, 7) is 5.15. The molecule has 58 heavy (non-hydrogen) atoms. The highest BCUT2D eigenvalue weighted by Gasteiger charge is 2.36. The molecular formula is C39H46IN7O9S2. The zero-order chi connectivity index (χ0) is 42.0. The number of alkyl carbamates (subject to hydrolysis) is 1. The van der Waals surface area contributed by atoms with E-state index in [9.17, 15) is 13.6 Å². The van der Waals surface area contributed by atoms with Crippen LogP contribution in [0.3, 0.4) is 0 Å². The molecule has 0 radical (unpaired) electrons. The Hall–Kier alpha value is -4.83. The Labute approximate surface area is 354 Å². The van der Waals surface area contributed by atoms with Crippen LogP contribution in [0.2, 0.25) is 0 Å². The number of halogens is 1. The molecule has 0 bridgehead atoms. The van der Waals surface area contributed by atoms with Crippen molar-refractivity contribution in [1.29, 1.82) is 0 Å². The van der Waals surface area contributed by atoms with Crippen molar-refractivity contribution in [3.05, 3.63) is 105 Å².